The molecular formula is C15H15N5. The second-order valence-corrected chi connectivity index (χ2v) is 5.14. The molecule has 0 unspecified atom stereocenters. The van der Waals surface area contributed by atoms with Crippen molar-refractivity contribution in [3.05, 3.63) is 41.9 Å². The highest BCUT2D eigenvalue weighted by Crippen LogP contribution is 2.31. The summed E-state index contributed by atoms with van der Waals surface area (Å²) >= 11 is 0. The van der Waals surface area contributed by atoms with Crippen LogP contribution < -0.4 is 5.32 Å². The molecule has 0 saturated carbocycles. The zero-order chi connectivity index (χ0) is 13.5. The molecule has 0 amide bonds. The van der Waals surface area contributed by atoms with E-state index in [1.54, 1.807) is 6.33 Å². The van der Waals surface area contributed by atoms with Gasteiger partial charge in [-0.2, -0.15) is 0 Å². The molecule has 0 atom stereocenters. The van der Waals surface area contributed by atoms with Crippen LogP contribution >= 0.6 is 0 Å². The Kier molecular flexibility index (Phi) is 2.45. The highest BCUT2D eigenvalue weighted by molar-refractivity contribution is 5.72. The fraction of sp³-hybridized carbons (Fsp3) is 0.267. The summed E-state index contributed by atoms with van der Waals surface area (Å²) < 4.78 is 1.96. The van der Waals surface area contributed by atoms with Gasteiger partial charge in [0.15, 0.2) is 11.5 Å². The van der Waals surface area contributed by atoms with Gasteiger partial charge in [-0.1, -0.05) is 12.1 Å². The van der Waals surface area contributed by atoms with E-state index >= 15 is 0 Å². The largest absolute Gasteiger partial charge is 0.385 e. The maximum Gasteiger partial charge on any atom is 0.169 e. The highest BCUT2D eigenvalue weighted by Gasteiger charge is 2.17. The van der Waals surface area contributed by atoms with Crippen molar-refractivity contribution in [2.75, 3.05) is 11.9 Å². The summed E-state index contributed by atoms with van der Waals surface area (Å²) in [6.07, 6.45) is 4.03. The Morgan fingerprint density at radius 1 is 1.25 bits per heavy atom. The van der Waals surface area contributed by atoms with Gasteiger partial charge in [0.25, 0.3) is 0 Å². The summed E-state index contributed by atoms with van der Waals surface area (Å²) in [7, 11) is 0. The average Bonchev–Trinajstić information content (AvgIpc) is 2.89. The van der Waals surface area contributed by atoms with E-state index < -0.39 is 0 Å². The molecule has 20 heavy (non-hydrogen) atoms. The second kappa shape index (κ2) is 4.30. The molecule has 2 aromatic heterocycles. The predicted octanol–water partition coefficient (Wildman–Crippen LogP) is 2.46. The second-order valence-electron chi connectivity index (χ2n) is 5.14. The van der Waals surface area contributed by atoms with E-state index in [2.05, 4.69) is 38.7 Å². The van der Waals surface area contributed by atoms with E-state index in [1.807, 2.05) is 17.4 Å². The van der Waals surface area contributed by atoms with Crippen molar-refractivity contribution in [1.82, 2.24) is 19.6 Å². The molecule has 1 aromatic carbocycles. The number of anilines is 1. The van der Waals surface area contributed by atoms with Crippen LogP contribution in [0.5, 0.6) is 0 Å². The fourth-order valence-electron chi connectivity index (χ4n) is 2.79. The van der Waals surface area contributed by atoms with Crippen molar-refractivity contribution < 1.29 is 0 Å². The number of fused-ring (bicyclic) bond motifs is 2. The molecule has 0 saturated heterocycles. The molecule has 5 nitrogen and oxygen atoms in total. The van der Waals surface area contributed by atoms with Gasteiger partial charge in [-0.15, -0.1) is 10.2 Å². The third-order valence-corrected chi connectivity index (χ3v) is 3.77. The molecule has 0 spiro atoms. The number of nitrogens with one attached hydrogen (secondary N) is 1. The number of aryl methyl sites for hydroxylation is 1. The lowest BCUT2D eigenvalue weighted by Gasteiger charge is -2.20. The minimum Gasteiger partial charge on any atom is -0.385 e. The zero-order valence-corrected chi connectivity index (χ0v) is 11.3. The SMILES string of the molecule is Cc1cc2nnc(-c3cccc4c3CCCN4)n2cn1. The van der Waals surface area contributed by atoms with Crippen molar-refractivity contribution in [2.45, 2.75) is 19.8 Å². The quantitative estimate of drug-likeness (QED) is 0.734. The fourth-order valence-corrected chi connectivity index (χ4v) is 2.79. The topological polar surface area (TPSA) is 55.1 Å². The lowest BCUT2D eigenvalue weighted by Crippen LogP contribution is -2.12. The molecule has 3 aromatic rings. The maximum absolute atomic E-state index is 4.36. The van der Waals surface area contributed by atoms with E-state index in [1.165, 1.54) is 11.3 Å². The summed E-state index contributed by atoms with van der Waals surface area (Å²) in [5.74, 6) is 0.869. The molecule has 1 aliphatic heterocycles. The number of hydrogen-bond donors (Lipinski definition) is 1. The summed E-state index contributed by atoms with van der Waals surface area (Å²) in [5.41, 5.74) is 5.48. The summed E-state index contributed by atoms with van der Waals surface area (Å²) in [6, 6.07) is 8.26. The molecular weight excluding hydrogens is 250 g/mol. The molecule has 0 fully saturated rings. The number of rotatable bonds is 1. The van der Waals surface area contributed by atoms with Crippen molar-refractivity contribution in [3.63, 3.8) is 0 Å². The van der Waals surface area contributed by atoms with Gasteiger partial charge in [0, 0.05) is 29.6 Å². The normalized spacial score (nSPS) is 14.1. The molecule has 3 heterocycles. The van der Waals surface area contributed by atoms with E-state index in [0.717, 1.165) is 42.1 Å². The van der Waals surface area contributed by atoms with E-state index in [-0.39, 0.29) is 0 Å². The van der Waals surface area contributed by atoms with Crippen molar-refractivity contribution in [3.8, 4) is 11.4 Å². The monoisotopic (exact) mass is 265 g/mol. The Hall–Kier alpha value is -2.43. The maximum atomic E-state index is 4.36. The van der Waals surface area contributed by atoms with Crippen LogP contribution in [0.1, 0.15) is 17.7 Å². The van der Waals surface area contributed by atoms with Crippen molar-refractivity contribution in [2.24, 2.45) is 0 Å². The van der Waals surface area contributed by atoms with E-state index in [4.69, 9.17) is 0 Å². The Morgan fingerprint density at radius 2 is 2.20 bits per heavy atom. The average molecular weight is 265 g/mol. The van der Waals surface area contributed by atoms with Crippen molar-refractivity contribution >= 4 is 11.3 Å². The standard InChI is InChI=1S/C15H15N5/c1-10-8-14-18-19-15(20(14)9-17-10)12-4-2-6-13-11(12)5-3-7-16-13/h2,4,6,8-9,16H,3,5,7H2,1H3. The first kappa shape index (κ1) is 11.4. The molecule has 0 bridgehead atoms. The number of aromatic nitrogens is 4. The van der Waals surface area contributed by atoms with Gasteiger partial charge in [0.05, 0.1) is 0 Å². The van der Waals surface area contributed by atoms with Crippen LogP contribution in [0.4, 0.5) is 5.69 Å². The van der Waals surface area contributed by atoms with Crippen molar-refractivity contribution in [1.29, 1.82) is 0 Å². The minimum atomic E-state index is 0.842. The highest BCUT2D eigenvalue weighted by atomic mass is 15.3. The molecule has 100 valence electrons. The third-order valence-electron chi connectivity index (χ3n) is 3.77. The number of hydrogen-bond acceptors (Lipinski definition) is 4. The first-order valence-electron chi connectivity index (χ1n) is 6.86. The lowest BCUT2D eigenvalue weighted by molar-refractivity contribution is 0.830. The lowest BCUT2D eigenvalue weighted by atomic mass is 9.97. The first-order chi connectivity index (χ1) is 9.83. The molecule has 0 radical (unpaired) electrons. The van der Waals surface area contributed by atoms with Crippen LogP contribution in [0.2, 0.25) is 0 Å². The van der Waals surface area contributed by atoms with Crippen LogP contribution in [0.15, 0.2) is 30.6 Å². The zero-order valence-electron chi connectivity index (χ0n) is 11.3. The van der Waals surface area contributed by atoms with Gasteiger partial charge >= 0.3 is 0 Å². The van der Waals surface area contributed by atoms with Gasteiger partial charge in [-0.05, 0) is 31.4 Å². The Bertz CT molecular complexity index is 790. The van der Waals surface area contributed by atoms with Gasteiger partial charge < -0.3 is 5.32 Å². The van der Waals surface area contributed by atoms with Crippen LogP contribution in [0, 0.1) is 6.92 Å². The molecule has 0 aliphatic carbocycles. The van der Waals surface area contributed by atoms with Crippen LogP contribution in [-0.2, 0) is 6.42 Å². The molecule has 1 N–H and O–H groups in total. The van der Waals surface area contributed by atoms with Crippen LogP contribution in [0.3, 0.4) is 0 Å². The summed E-state index contributed by atoms with van der Waals surface area (Å²) in [5, 5.41) is 12.1. The number of benzene rings is 1. The van der Waals surface area contributed by atoms with Crippen LogP contribution in [0.25, 0.3) is 17.0 Å². The van der Waals surface area contributed by atoms with E-state index in [0.29, 0.717) is 0 Å². The Labute approximate surface area is 116 Å². The van der Waals surface area contributed by atoms with Gasteiger partial charge in [-0.3, -0.25) is 4.40 Å². The molecule has 4 rings (SSSR count). The van der Waals surface area contributed by atoms with Gasteiger partial charge in [0.1, 0.15) is 6.33 Å². The van der Waals surface area contributed by atoms with Crippen LogP contribution in [-0.4, -0.2) is 26.1 Å². The Balaban J connectivity index is 1.95. The summed E-state index contributed by atoms with van der Waals surface area (Å²) in [6.45, 7) is 3.00. The predicted molar refractivity (Wildman–Crippen MR) is 77.8 cm³/mol. The Morgan fingerprint density at radius 3 is 3.15 bits per heavy atom. The van der Waals surface area contributed by atoms with Gasteiger partial charge in [-0.25, -0.2) is 4.98 Å². The third kappa shape index (κ3) is 1.66. The van der Waals surface area contributed by atoms with Gasteiger partial charge in [0.2, 0.25) is 0 Å². The molecule has 5 heteroatoms. The smallest absolute Gasteiger partial charge is 0.169 e. The summed E-state index contributed by atoms with van der Waals surface area (Å²) in [4.78, 5) is 4.35. The first-order valence-corrected chi connectivity index (χ1v) is 6.86. The number of nitrogens with zero attached hydrogens (tertiary/aromatic N) is 4. The van der Waals surface area contributed by atoms with E-state index in [9.17, 15) is 0 Å². The molecule has 1 aliphatic rings. The minimum absolute atomic E-state index is 0.842.